The number of nitrogens with zero attached hydrogens (tertiary/aromatic N) is 1. The largest absolute Gasteiger partial charge is 0.346 e. The van der Waals surface area contributed by atoms with Crippen molar-refractivity contribution in [2.45, 2.75) is 0 Å². The second-order valence-electron chi connectivity index (χ2n) is 5.54. The van der Waals surface area contributed by atoms with E-state index in [0.29, 0.717) is 5.56 Å². The molecule has 24 heavy (non-hydrogen) atoms. The Bertz CT molecular complexity index is 1010. The molecule has 2 aromatic carbocycles. The average Bonchev–Trinajstić information content (AvgIpc) is 3.10. The third-order valence-corrected chi connectivity index (χ3v) is 3.89. The fourth-order valence-electron chi connectivity index (χ4n) is 2.67. The van der Waals surface area contributed by atoms with E-state index in [1.54, 1.807) is 12.1 Å². The summed E-state index contributed by atoms with van der Waals surface area (Å²) < 4.78 is 0. The lowest BCUT2D eigenvalue weighted by atomic mass is 10.1. The van der Waals surface area contributed by atoms with Gasteiger partial charge in [0.25, 0.3) is 5.91 Å². The predicted molar refractivity (Wildman–Crippen MR) is 95.9 cm³/mol. The molecule has 0 saturated heterocycles. The van der Waals surface area contributed by atoms with Crippen molar-refractivity contribution in [2.75, 3.05) is 5.32 Å². The Morgan fingerprint density at radius 1 is 0.917 bits per heavy atom. The summed E-state index contributed by atoms with van der Waals surface area (Å²) in [5, 5.41) is 4.00. The first-order valence-corrected chi connectivity index (χ1v) is 7.69. The highest BCUT2D eigenvalue weighted by atomic mass is 16.1. The van der Waals surface area contributed by atoms with E-state index in [0.717, 1.165) is 27.8 Å². The van der Waals surface area contributed by atoms with E-state index in [4.69, 9.17) is 0 Å². The normalized spacial score (nSPS) is 10.7. The molecular weight excluding hydrogens is 298 g/mol. The molecule has 116 valence electrons. The number of rotatable bonds is 3. The number of fused-ring (bicyclic) bond motifs is 1. The SMILES string of the molecule is O=C(Nc1cccc(-c2cnc3[nH]ccc3c2)c1)c1ccccc1. The maximum Gasteiger partial charge on any atom is 0.255 e. The summed E-state index contributed by atoms with van der Waals surface area (Å²) in [4.78, 5) is 19.8. The molecule has 0 bridgehead atoms. The fraction of sp³-hybridized carbons (Fsp3) is 0. The molecule has 0 spiro atoms. The van der Waals surface area contributed by atoms with Crippen LogP contribution in [0.5, 0.6) is 0 Å². The number of H-pyrrole nitrogens is 1. The van der Waals surface area contributed by atoms with Crippen molar-refractivity contribution in [3.05, 3.63) is 84.7 Å². The van der Waals surface area contributed by atoms with Crippen LogP contribution >= 0.6 is 0 Å². The summed E-state index contributed by atoms with van der Waals surface area (Å²) in [6.07, 6.45) is 3.70. The lowest BCUT2D eigenvalue weighted by molar-refractivity contribution is 0.102. The standard InChI is InChI=1S/C20H15N3O/c24-20(14-5-2-1-3-6-14)23-18-8-4-7-15(12-18)17-11-16-9-10-21-19(16)22-13-17/h1-13H,(H,21,22)(H,23,24). The number of hydrogen-bond donors (Lipinski definition) is 2. The van der Waals surface area contributed by atoms with Crippen molar-refractivity contribution in [3.8, 4) is 11.1 Å². The first-order chi connectivity index (χ1) is 11.8. The number of amides is 1. The third kappa shape index (κ3) is 2.77. The number of hydrogen-bond acceptors (Lipinski definition) is 2. The van der Waals surface area contributed by atoms with Gasteiger partial charge in [0.1, 0.15) is 5.65 Å². The van der Waals surface area contributed by atoms with Crippen LogP contribution in [0.25, 0.3) is 22.2 Å². The molecule has 4 heteroatoms. The van der Waals surface area contributed by atoms with E-state index in [1.807, 2.05) is 60.9 Å². The van der Waals surface area contributed by atoms with E-state index in [-0.39, 0.29) is 5.91 Å². The molecule has 4 rings (SSSR count). The number of carbonyl (C=O) groups is 1. The molecule has 0 aliphatic rings. The van der Waals surface area contributed by atoms with Gasteiger partial charge >= 0.3 is 0 Å². The van der Waals surface area contributed by atoms with Crippen LogP contribution in [0.15, 0.2) is 79.1 Å². The molecule has 2 aromatic heterocycles. The Morgan fingerprint density at radius 3 is 2.67 bits per heavy atom. The second-order valence-corrected chi connectivity index (χ2v) is 5.54. The summed E-state index contributed by atoms with van der Waals surface area (Å²) >= 11 is 0. The molecule has 0 atom stereocenters. The number of pyridine rings is 1. The van der Waals surface area contributed by atoms with Gasteiger partial charge in [-0.25, -0.2) is 4.98 Å². The fourth-order valence-corrected chi connectivity index (χ4v) is 2.67. The summed E-state index contributed by atoms with van der Waals surface area (Å²) in [5.41, 5.74) is 4.29. The highest BCUT2D eigenvalue weighted by Crippen LogP contribution is 2.25. The minimum absolute atomic E-state index is 0.119. The van der Waals surface area contributed by atoms with E-state index in [1.165, 1.54) is 0 Å². The summed E-state index contributed by atoms with van der Waals surface area (Å²) in [6, 6.07) is 21.0. The molecule has 0 fully saturated rings. The zero-order valence-electron chi connectivity index (χ0n) is 12.9. The third-order valence-electron chi connectivity index (χ3n) is 3.89. The Labute approximate surface area is 139 Å². The van der Waals surface area contributed by atoms with Crippen molar-refractivity contribution >= 4 is 22.6 Å². The molecule has 0 saturated carbocycles. The van der Waals surface area contributed by atoms with Gasteiger partial charge in [0.2, 0.25) is 0 Å². The molecule has 4 nitrogen and oxygen atoms in total. The maximum atomic E-state index is 12.3. The van der Waals surface area contributed by atoms with Gasteiger partial charge in [-0.15, -0.1) is 0 Å². The van der Waals surface area contributed by atoms with Gasteiger partial charge in [-0.3, -0.25) is 4.79 Å². The van der Waals surface area contributed by atoms with Gasteiger partial charge < -0.3 is 10.3 Å². The molecule has 4 aromatic rings. The van der Waals surface area contributed by atoms with E-state index in [2.05, 4.69) is 21.4 Å². The van der Waals surface area contributed by atoms with Crippen LogP contribution in [0.2, 0.25) is 0 Å². The van der Waals surface area contributed by atoms with Crippen molar-refractivity contribution in [2.24, 2.45) is 0 Å². The van der Waals surface area contributed by atoms with Gasteiger partial charge in [-0.2, -0.15) is 0 Å². The van der Waals surface area contributed by atoms with Crippen molar-refractivity contribution < 1.29 is 4.79 Å². The number of benzene rings is 2. The van der Waals surface area contributed by atoms with Crippen LogP contribution in [0.1, 0.15) is 10.4 Å². The van der Waals surface area contributed by atoms with Gasteiger partial charge in [-0.05, 0) is 42.0 Å². The molecule has 2 N–H and O–H groups in total. The number of anilines is 1. The first-order valence-electron chi connectivity index (χ1n) is 7.69. The topological polar surface area (TPSA) is 57.8 Å². The number of carbonyl (C=O) groups excluding carboxylic acids is 1. The highest BCUT2D eigenvalue weighted by Gasteiger charge is 2.07. The molecule has 0 radical (unpaired) electrons. The Hall–Kier alpha value is -3.40. The minimum atomic E-state index is -0.119. The summed E-state index contributed by atoms with van der Waals surface area (Å²) in [6.45, 7) is 0. The Kier molecular flexibility index (Phi) is 3.56. The number of aromatic nitrogens is 2. The summed E-state index contributed by atoms with van der Waals surface area (Å²) in [5.74, 6) is -0.119. The van der Waals surface area contributed by atoms with Crippen LogP contribution < -0.4 is 5.32 Å². The lowest BCUT2D eigenvalue weighted by Crippen LogP contribution is -2.11. The summed E-state index contributed by atoms with van der Waals surface area (Å²) in [7, 11) is 0. The molecular formula is C20H15N3O. The van der Waals surface area contributed by atoms with E-state index < -0.39 is 0 Å². The average molecular weight is 313 g/mol. The monoisotopic (exact) mass is 313 g/mol. The van der Waals surface area contributed by atoms with Crippen molar-refractivity contribution in [1.82, 2.24) is 9.97 Å². The van der Waals surface area contributed by atoms with Crippen LogP contribution in [0.3, 0.4) is 0 Å². The molecule has 0 aliphatic carbocycles. The number of nitrogens with one attached hydrogen (secondary N) is 2. The van der Waals surface area contributed by atoms with Crippen molar-refractivity contribution in [3.63, 3.8) is 0 Å². The smallest absolute Gasteiger partial charge is 0.255 e. The van der Waals surface area contributed by atoms with Crippen LogP contribution in [-0.2, 0) is 0 Å². The molecule has 0 aliphatic heterocycles. The van der Waals surface area contributed by atoms with Gasteiger partial charge in [-0.1, -0.05) is 30.3 Å². The van der Waals surface area contributed by atoms with Crippen molar-refractivity contribution in [1.29, 1.82) is 0 Å². The lowest BCUT2D eigenvalue weighted by Gasteiger charge is -2.08. The van der Waals surface area contributed by atoms with Crippen LogP contribution in [0.4, 0.5) is 5.69 Å². The van der Waals surface area contributed by atoms with E-state index in [9.17, 15) is 4.79 Å². The first kappa shape index (κ1) is 14.2. The van der Waals surface area contributed by atoms with Gasteiger partial charge in [0, 0.05) is 34.6 Å². The van der Waals surface area contributed by atoms with Crippen LogP contribution in [-0.4, -0.2) is 15.9 Å². The predicted octanol–water partition coefficient (Wildman–Crippen LogP) is 4.48. The molecule has 0 unspecified atom stereocenters. The van der Waals surface area contributed by atoms with Crippen LogP contribution in [0, 0.1) is 0 Å². The zero-order valence-corrected chi connectivity index (χ0v) is 12.9. The van der Waals surface area contributed by atoms with E-state index >= 15 is 0 Å². The van der Waals surface area contributed by atoms with Gasteiger partial charge in [0.05, 0.1) is 0 Å². The molecule has 1 amide bonds. The molecule has 2 heterocycles. The number of aromatic amines is 1. The highest BCUT2D eigenvalue weighted by molar-refractivity contribution is 6.04. The van der Waals surface area contributed by atoms with Gasteiger partial charge in [0.15, 0.2) is 0 Å². The maximum absolute atomic E-state index is 12.3. The minimum Gasteiger partial charge on any atom is -0.346 e. The second kappa shape index (κ2) is 6.01. The Morgan fingerprint density at radius 2 is 1.79 bits per heavy atom. The zero-order chi connectivity index (χ0) is 16.4. The quantitative estimate of drug-likeness (QED) is 0.586. The Balaban J connectivity index is 1.62.